The van der Waals surface area contributed by atoms with Crippen LogP contribution in [-0.4, -0.2) is 42.3 Å². The molecule has 1 heterocycles. The Hall–Kier alpha value is -1.14. The molecule has 0 aromatic carbocycles. The molecule has 1 rings (SSSR count). The Morgan fingerprint density at radius 2 is 2.21 bits per heavy atom. The van der Waals surface area contributed by atoms with E-state index in [0.29, 0.717) is 31.9 Å². The van der Waals surface area contributed by atoms with Crippen LogP contribution in [0.25, 0.3) is 0 Å². The Kier molecular flexibility index (Phi) is 6.80. The van der Waals surface area contributed by atoms with Crippen LogP contribution in [0, 0.1) is 5.92 Å². The summed E-state index contributed by atoms with van der Waals surface area (Å²) in [5.41, 5.74) is 5.39. The van der Waals surface area contributed by atoms with Crippen molar-refractivity contribution in [3.63, 3.8) is 0 Å². The van der Waals surface area contributed by atoms with E-state index in [1.54, 1.807) is 0 Å². The normalized spacial score (nSPS) is 24.1. The van der Waals surface area contributed by atoms with Crippen molar-refractivity contribution in [1.29, 1.82) is 0 Å². The molecular formula is C13H24N2O4. The van der Waals surface area contributed by atoms with Gasteiger partial charge in [-0.25, -0.2) is 0 Å². The molecule has 110 valence electrons. The summed E-state index contributed by atoms with van der Waals surface area (Å²) >= 11 is 0. The van der Waals surface area contributed by atoms with Crippen LogP contribution >= 0.6 is 0 Å². The Morgan fingerprint density at radius 1 is 1.47 bits per heavy atom. The highest BCUT2D eigenvalue weighted by molar-refractivity contribution is 5.81. The summed E-state index contributed by atoms with van der Waals surface area (Å²) in [4.78, 5) is 22.4. The van der Waals surface area contributed by atoms with Crippen molar-refractivity contribution in [2.24, 2.45) is 11.7 Å². The number of carbonyl (C=O) groups is 2. The lowest BCUT2D eigenvalue weighted by Gasteiger charge is -2.16. The molecule has 6 heteroatoms. The van der Waals surface area contributed by atoms with E-state index in [-0.39, 0.29) is 12.0 Å². The van der Waals surface area contributed by atoms with Crippen molar-refractivity contribution in [2.45, 2.75) is 51.2 Å². The van der Waals surface area contributed by atoms with E-state index in [2.05, 4.69) is 12.2 Å². The van der Waals surface area contributed by atoms with Gasteiger partial charge in [-0.3, -0.25) is 9.59 Å². The quantitative estimate of drug-likeness (QED) is 0.558. The molecule has 1 aliphatic heterocycles. The number of hydrogen-bond acceptors (Lipinski definition) is 4. The fourth-order valence-electron chi connectivity index (χ4n) is 2.27. The van der Waals surface area contributed by atoms with Crippen molar-refractivity contribution < 1.29 is 19.4 Å². The summed E-state index contributed by atoms with van der Waals surface area (Å²) in [7, 11) is 0. The molecule has 1 saturated heterocycles. The van der Waals surface area contributed by atoms with Gasteiger partial charge in [-0.05, 0) is 31.6 Å². The number of carbonyl (C=O) groups excluding carboxylic acids is 1. The van der Waals surface area contributed by atoms with E-state index in [0.717, 1.165) is 19.3 Å². The van der Waals surface area contributed by atoms with Gasteiger partial charge in [-0.1, -0.05) is 13.3 Å². The molecule has 3 atom stereocenters. The molecule has 19 heavy (non-hydrogen) atoms. The summed E-state index contributed by atoms with van der Waals surface area (Å²) in [6.45, 7) is 3.26. The predicted molar refractivity (Wildman–Crippen MR) is 70.6 cm³/mol. The predicted octanol–water partition coefficient (Wildman–Crippen LogP) is 0.500. The zero-order chi connectivity index (χ0) is 14.3. The fraction of sp³-hybridized carbons (Fsp3) is 0.846. The van der Waals surface area contributed by atoms with Gasteiger partial charge in [-0.2, -0.15) is 0 Å². The number of ether oxygens (including phenoxy) is 1. The highest BCUT2D eigenvalue weighted by atomic mass is 16.5. The maximum Gasteiger partial charge on any atom is 0.320 e. The van der Waals surface area contributed by atoms with E-state index in [9.17, 15) is 9.59 Å². The fourth-order valence-corrected chi connectivity index (χ4v) is 2.27. The number of rotatable bonds is 8. The molecule has 0 saturated carbocycles. The Morgan fingerprint density at radius 3 is 2.84 bits per heavy atom. The van der Waals surface area contributed by atoms with E-state index in [1.807, 2.05) is 0 Å². The molecule has 1 fully saturated rings. The topological polar surface area (TPSA) is 102 Å². The first-order valence-electron chi connectivity index (χ1n) is 6.94. The van der Waals surface area contributed by atoms with Crippen molar-refractivity contribution in [3.8, 4) is 0 Å². The second-order valence-electron chi connectivity index (χ2n) is 4.98. The van der Waals surface area contributed by atoms with Gasteiger partial charge in [0.15, 0.2) is 0 Å². The van der Waals surface area contributed by atoms with Gasteiger partial charge in [0.05, 0.1) is 0 Å². The lowest BCUT2D eigenvalue weighted by Crippen LogP contribution is -2.38. The third-order valence-electron chi connectivity index (χ3n) is 3.56. The number of nitrogens with one attached hydrogen (secondary N) is 1. The van der Waals surface area contributed by atoms with Gasteiger partial charge >= 0.3 is 5.97 Å². The molecule has 0 radical (unpaired) electrons. The summed E-state index contributed by atoms with van der Waals surface area (Å²) in [5, 5.41) is 11.5. The van der Waals surface area contributed by atoms with Crippen LogP contribution in [-0.2, 0) is 14.3 Å². The third kappa shape index (κ3) is 5.16. The Balaban J connectivity index is 2.12. The highest BCUT2D eigenvalue weighted by Gasteiger charge is 2.32. The highest BCUT2D eigenvalue weighted by Crippen LogP contribution is 2.23. The van der Waals surface area contributed by atoms with Gasteiger partial charge in [0.1, 0.15) is 12.1 Å². The second-order valence-corrected chi connectivity index (χ2v) is 4.98. The lowest BCUT2D eigenvalue weighted by molar-refractivity contribution is -0.138. The van der Waals surface area contributed by atoms with Gasteiger partial charge < -0.3 is 20.9 Å². The van der Waals surface area contributed by atoms with Crippen LogP contribution in [0.2, 0.25) is 0 Å². The summed E-state index contributed by atoms with van der Waals surface area (Å²) in [6, 6.07) is -0.807. The van der Waals surface area contributed by atoms with Crippen LogP contribution in [0.3, 0.4) is 0 Å². The van der Waals surface area contributed by atoms with Crippen LogP contribution in [0.1, 0.15) is 39.0 Å². The molecule has 6 nitrogen and oxygen atoms in total. The molecular weight excluding hydrogens is 248 g/mol. The average molecular weight is 272 g/mol. The van der Waals surface area contributed by atoms with E-state index in [1.165, 1.54) is 0 Å². The molecule has 0 spiro atoms. The minimum atomic E-state index is -0.978. The first kappa shape index (κ1) is 15.9. The number of hydrogen-bond donors (Lipinski definition) is 3. The molecule has 2 unspecified atom stereocenters. The monoisotopic (exact) mass is 272 g/mol. The molecule has 0 aliphatic carbocycles. The lowest BCUT2D eigenvalue weighted by atomic mass is 9.98. The number of carboxylic acid groups (broad SMARTS) is 1. The first-order valence-corrected chi connectivity index (χ1v) is 6.94. The number of nitrogens with two attached hydrogens (primary N) is 1. The van der Waals surface area contributed by atoms with Gasteiger partial charge in [-0.15, -0.1) is 0 Å². The smallest absolute Gasteiger partial charge is 0.320 e. The van der Waals surface area contributed by atoms with Gasteiger partial charge in [0, 0.05) is 13.2 Å². The number of unbranched alkanes of at least 4 members (excludes halogenated alkanes) is 1. The van der Waals surface area contributed by atoms with Gasteiger partial charge in [0.2, 0.25) is 5.91 Å². The minimum absolute atomic E-state index is 0.0492. The van der Waals surface area contributed by atoms with Gasteiger partial charge in [0.25, 0.3) is 0 Å². The zero-order valence-electron chi connectivity index (χ0n) is 11.4. The SMILES string of the molecule is CCC1CCOC1C(=O)NCCCC[C@H](N)C(=O)O. The Labute approximate surface area is 113 Å². The number of aliphatic carboxylic acids is 1. The van der Waals surface area contributed by atoms with E-state index < -0.39 is 12.0 Å². The maximum absolute atomic E-state index is 11.9. The van der Waals surface area contributed by atoms with E-state index >= 15 is 0 Å². The molecule has 1 amide bonds. The number of carboxylic acids is 1. The van der Waals surface area contributed by atoms with E-state index in [4.69, 9.17) is 15.6 Å². The van der Waals surface area contributed by atoms with Crippen LogP contribution in [0.4, 0.5) is 0 Å². The largest absolute Gasteiger partial charge is 0.480 e. The molecule has 0 aromatic heterocycles. The van der Waals surface area contributed by atoms with Crippen LogP contribution < -0.4 is 11.1 Å². The molecule has 4 N–H and O–H groups in total. The minimum Gasteiger partial charge on any atom is -0.480 e. The Bertz CT molecular complexity index is 309. The van der Waals surface area contributed by atoms with Crippen LogP contribution in [0.15, 0.2) is 0 Å². The second kappa shape index (κ2) is 8.12. The van der Waals surface area contributed by atoms with Crippen LogP contribution in [0.5, 0.6) is 0 Å². The summed E-state index contributed by atoms with van der Waals surface area (Å²) < 4.78 is 5.44. The van der Waals surface area contributed by atoms with Crippen molar-refractivity contribution in [1.82, 2.24) is 5.32 Å². The third-order valence-corrected chi connectivity index (χ3v) is 3.56. The van der Waals surface area contributed by atoms with Crippen molar-refractivity contribution in [2.75, 3.05) is 13.2 Å². The molecule has 0 aromatic rings. The first-order chi connectivity index (χ1) is 9.06. The van der Waals surface area contributed by atoms with Crippen molar-refractivity contribution in [3.05, 3.63) is 0 Å². The maximum atomic E-state index is 11.9. The molecule has 0 bridgehead atoms. The molecule has 1 aliphatic rings. The zero-order valence-corrected chi connectivity index (χ0v) is 11.4. The summed E-state index contributed by atoms with van der Waals surface area (Å²) in [5.74, 6) is -0.707. The standard InChI is InChI=1S/C13H24N2O4/c1-2-9-6-8-19-11(9)12(16)15-7-4-3-5-10(14)13(17)18/h9-11H,2-8,14H2,1H3,(H,15,16)(H,17,18)/t9?,10-,11?/m0/s1. The summed E-state index contributed by atoms with van der Waals surface area (Å²) in [6.07, 6.45) is 3.44. The average Bonchev–Trinajstić information content (AvgIpc) is 2.85. The number of amides is 1. The van der Waals surface area contributed by atoms with Crippen molar-refractivity contribution >= 4 is 11.9 Å².